The number of halogens is 1. The van der Waals surface area contributed by atoms with Crippen molar-refractivity contribution in [3.63, 3.8) is 0 Å². The van der Waals surface area contributed by atoms with Crippen LogP contribution in [0.2, 0.25) is 5.02 Å². The van der Waals surface area contributed by atoms with Crippen LogP contribution in [-0.4, -0.2) is 25.2 Å². The summed E-state index contributed by atoms with van der Waals surface area (Å²) >= 11 is 5.77. The molecule has 1 aliphatic rings. The Labute approximate surface area is 137 Å². The first-order chi connectivity index (χ1) is 11.1. The minimum absolute atomic E-state index is 0.143. The van der Waals surface area contributed by atoms with Crippen LogP contribution in [-0.2, 0) is 4.79 Å². The molecule has 2 aromatic rings. The molecular weight excluding hydrogens is 320 g/mol. The summed E-state index contributed by atoms with van der Waals surface area (Å²) in [5.74, 6) is 0.418. The normalized spacial score (nSPS) is 11.9. The zero-order chi connectivity index (χ0) is 16.2. The van der Waals surface area contributed by atoms with Crippen molar-refractivity contribution in [1.29, 1.82) is 0 Å². The number of ether oxygens (including phenoxy) is 2. The summed E-state index contributed by atoms with van der Waals surface area (Å²) in [6.45, 7) is -0.000193. The number of rotatable bonds is 4. The molecule has 2 aromatic carbocycles. The maximum absolute atomic E-state index is 12.0. The Morgan fingerprint density at radius 2 is 1.78 bits per heavy atom. The van der Waals surface area contributed by atoms with E-state index in [0.29, 0.717) is 27.8 Å². The van der Waals surface area contributed by atoms with E-state index < -0.39 is 0 Å². The molecule has 2 N–H and O–H groups in total. The molecule has 118 valence electrons. The van der Waals surface area contributed by atoms with Crippen molar-refractivity contribution >= 4 is 29.1 Å². The molecule has 6 nitrogen and oxygen atoms in total. The molecule has 0 aliphatic carbocycles. The van der Waals surface area contributed by atoms with Gasteiger partial charge in [0.15, 0.2) is 11.5 Å². The Balaban J connectivity index is 1.54. The number of carbonyl (C=O) groups is 2. The van der Waals surface area contributed by atoms with Crippen LogP contribution >= 0.6 is 11.6 Å². The predicted molar refractivity (Wildman–Crippen MR) is 85.0 cm³/mol. The quantitative estimate of drug-likeness (QED) is 0.901. The van der Waals surface area contributed by atoms with Crippen molar-refractivity contribution in [2.45, 2.75) is 0 Å². The van der Waals surface area contributed by atoms with Crippen LogP contribution in [0.15, 0.2) is 42.5 Å². The second-order valence-corrected chi connectivity index (χ2v) is 5.24. The van der Waals surface area contributed by atoms with Crippen molar-refractivity contribution in [3.05, 3.63) is 53.1 Å². The zero-order valence-electron chi connectivity index (χ0n) is 12.0. The third kappa shape index (κ3) is 3.73. The Bertz CT molecular complexity index is 746. The molecule has 1 aliphatic heterocycles. The lowest BCUT2D eigenvalue weighted by atomic mass is 10.2. The predicted octanol–water partition coefficient (Wildman–Crippen LogP) is 2.44. The van der Waals surface area contributed by atoms with E-state index in [1.54, 1.807) is 42.5 Å². The summed E-state index contributed by atoms with van der Waals surface area (Å²) in [6, 6.07) is 11.5. The van der Waals surface area contributed by atoms with Crippen LogP contribution in [0.5, 0.6) is 11.5 Å². The number of hydrogen-bond acceptors (Lipinski definition) is 4. The van der Waals surface area contributed by atoms with Crippen molar-refractivity contribution in [1.82, 2.24) is 5.32 Å². The van der Waals surface area contributed by atoms with Crippen LogP contribution in [0.25, 0.3) is 0 Å². The molecule has 0 saturated carbocycles. The van der Waals surface area contributed by atoms with E-state index >= 15 is 0 Å². The lowest BCUT2D eigenvalue weighted by Crippen LogP contribution is -2.32. The molecule has 0 spiro atoms. The highest BCUT2D eigenvalue weighted by atomic mass is 35.5. The first-order valence-corrected chi connectivity index (χ1v) is 7.23. The third-order valence-electron chi connectivity index (χ3n) is 3.17. The molecule has 2 amide bonds. The van der Waals surface area contributed by atoms with E-state index in [1.165, 1.54) is 0 Å². The highest BCUT2D eigenvalue weighted by Crippen LogP contribution is 2.32. The van der Waals surface area contributed by atoms with E-state index in [0.717, 1.165) is 0 Å². The van der Waals surface area contributed by atoms with Gasteiger partial charge >= 0.3 is 0 Å². The fraction of sp³-hybridized carbons (Fsp3) is 0.125. The van der Waals surface area contributed by atoms with Gasteiger partial charge in [0.2, 0.25) is 12.7 Å². The maximum Gasteiger partial charge on any atom is 0.251 e. The van der Waals surface area contributed by atoms with Crippen molar-refractivity contribution in [2.24, 2.45) is 0 Å². The first kappa shape index (κ1) is 15.2. The lowest BCUT2D eigenvalue weighted by Gasteiger charge is -2.07. The topological polar surface area (TPSA) is 76.7 Å². The molecule has 0 unspecified atom stereocenters. The average Bonchev–Trinajstić information content (AvgIpc) is 3.02. The average molecular weight is 333 g/mol. The smallest absolute Gasteiger partial charge is 0.251 e. The number of carbonyl (C=O) groups excluding carboxylic acids is 2. The Morgan fingerprint density at radius 1 is 1.04 bits per heavy atom. The molecular formula is C16H13ClN2O4. The Morgan fingerprint density at radius 3 is 2.57 bits per heavy atom. The second kappa shape index (κ2) is 6.58. The number of nitrogens with one attached hydrogen (secondary N) is 2. The molecule has 0 bridgehead atoms. The van der Waals surface area contributed by atoms with Gasteiger partial charge in [0.05, 0.1) is 6.54 Å². The summed E-state index contributed by atoms with van der Waals surface area (Å²) in [5, 5.41) is 5.79. The van der Waals surface area contributed by atoms with E-state index in [-0.39, 0.29) is 25.2 Å². The van der Waals surface area contributed by atoms with Gasteiger partial charge in [-0.05, 0) is 42.5 Å². The molecule has 7 heteroatoms. The minimum atomic E-state index is -0.366. The maximum atomic E-state index is 12.0. The second-order valence-electron chi connectivity index (χ2n) is 4.81. The SMILES string of the molecule is O=C(CNC(=O)c1ccc2c(c1)OCO2)Nc1ccc(Cl)cc1. The van der Waals surface area contributed by atoms with Gasteiger partial charge in [-0.15, -0.1) is 0 Å². The van der Waals surface area contributed by atoms with E-state index in [9.17, 15) is 9.59 Å². The fourth-order valence-electron chi connectivity index (χ4n) is 2.04. The van der Waals surface area contributed by atoms with Crippen molar-refractivity contribution in [2.75, 3.05) is 18.7 Å². The van der Waals surface area contributed by atoms with Gasteiger partial charge in [0, 0.05) is 16.3 Å². The van der Waals surface area contributed by atoms with E-state index in [4.69, 9.17) is 21.1 Å². The zero-order valence-corrected chi connectivity index (χ0v) is 12.7. The molecule has 0 fully saturated rings. The minimum Gasteiger partial charge on any atom is -0.454 e. The van der Waals surface area contributed by atoms with Gasteiger partial charge in [0.25, 0.3) is 5.91 Å². The Hall–Kier alpha value is -2.73. The van der Waals surface area contributed by atoms with Crippen LogP contribution < -0.4 is 20.1 Å². The summed E-state index contributed by atoms with van der Waals surface area (Å²) in [7, 11) is 0. The molecule has 23 heavy (non-hydrogen) atoms. The van der Waals surface area contributed by atoms with Crippen LogP contribution in [0, 0.1) is 0 Å². The number of anilines is 1. The summed E-state index contributed by atoms with van der Waals surface area (Å²) in [4.78, 5) is 23.9. The molecule has 0 atom stereocenters. The highest BCUT2D eigenvalue weighted by molar-refractivity contribution is 6.30. The number of fused-ring (bicyclic) bond motifs is 1. The number of benzene rings is 2. The molecule has 0 radical (unpaired) electrons. The van der Waals surface area contributed by atoms with Crippen LogP contribution in [0.1, 0.15) is 10.4 Å². The first-order valence-electron chi connectivity index (χ1n) is 6.85. The summed E-state index contributed by atoms with van der Waals surface area (Å²) in [5.41, 5.74) is 1.00. The van der Waals surface area contributed by atoms with Crippen molar-refractivity contribution in [3.8, 4) is 11.5 Å². The number of hydrogen-bond donors (Lipinski definition) is 2. The molecule has 0 saturated heterocycles. The fourth-order valence-corrected chi connectivity index (χ4v) is 2.16. The van der Waals surface area contributed by atoms with Crippen molar-refractivity contribution < 1.29 is 19.1 Å². The summed E-state index contributed by atoms with van der Waals surface area (Å²) < 4.78 is 10.4. The van der Waals surface area contributed by atoms with Crippen LogP contribution in [0.4, 0.5) is 5.69 Å². The van der Waals surface area contributed by atoms with E-state index in [2.05, 4.69) is 10.6 Å². The summed E-state index contributed by atoms with van der Waals surface area (Å²) in [6.07, 6.45) is 0. The third-order valence-corrected chi connectivity index (χ3v) is 3.42. The van der Waals surface area contributed by atoms with Gasteiger partial charge in [-0.3, -0.25) is 9.59 Å². The van der Waals surface area contributed by atoms with E-state index in [1.807, 2.05) is 0 Å². The van der Waals surface area contributed by atoms with Gasteiger partial charge in [-0.2, -0.15) is 0 Å². The van der Waals surface area contributed by atoms with Gasteiger partial charge < -0.3 is 20.1 Å². The largest absolute Gasteiger partial charge is 0.454 e. The van der Waals surface area contributed by atoms with Crippen LogP contribution in [0.3, 0.4) is 0 Å². The lowest BCUT2D eigenvalue weighted by molar-refractivity contribution is -0.115. The molecule has 0 aromatic heterocycles. The number of amides is 2. The monoisotopic (exact) mass is 332 g/mol. The highest BCUT2D eigenvalue weighted by Gasteiger charge is 2.16. The van der Waals surface area contributed by atoms with Gasteiger partial charge in [0.1, 0.15) is 0 Å². The molecule has 3 rings (SSSR count). The molecule has 1 heterocycles. The van der Waals surface area contributed by atoms with Gasteiger partial charge in [-0.25, -0.2) is 0 Å². The van der Waals surface area contributed by atoms with Gasteiger partial charge in [-0.1, -0.05) is 11.6 Å². The standard InChI is InChI=1S/C16H13ClN2O4/c17-11-2-4-12(5-3-11)19-15(20)8-18-16(21)10-1-6-13-14(7-10)23-9-22-13/h1-7H,8-9H2,(H,18,21)(H,19,20). The Kier molecular flexibility index (Phi) is 4.34.